The molecule has 0 N–H and O–H groups in total. The first-order chi connectivity index (χ1) is 16.9. The number of rotatable bonds is 6. The number of fused-ring (bicyclic) bond motifs is 1. The van der Waals surface area contributed by atoms with Gasteiger partial charge in [0.05, 0.1) is 30.0 Å². The molecular formula is C25H20ClN3O5S. The third kappa shape index (κ3) is 4.58. The smallest absolute Gasteiger partial charge is 0.338 e. The molecule has 0 aliphatic carbocycles. The fourth-order valence-corrected chi connectivity index (χ4v) is 5.11. The molecule has 1 aliphatic heterocycles. The van der Waals surface area contributed by atoms with Crippen LogP contribution in [0.25, 0.3) is 6.08 Å². The minimum absolute atomic E-state index is 0.123. The lowest BCUT2D eigenvalue weighted by atomic mass is 9.95. The molecule has 0 saturated heterocycles. The van der Waals surface area contributed by atoms with E-state index < -0.39 is 12.0 Å². The molecule has 1 atom stereocenters. The molecule has 0 amide bonds. The van der Waals surface area contributed by atoms with Gasteiger partial charge in [-0.15, -0.1) is 0 Å². The van der Waals surface area contributed by atoms with Crippen LogP contribution in [0.15, 0.2) is 63.5 Å². The van der Waals surface area contributed by atoms with Crippen LogP contribution in [0.4, 0.5) is 0 Å². The molecule has 0 saturated carbocycles. The fraction of sp³-hybridized carbons (Fsp3) is 0.200. The summed E-state index contributed by atoms with van der Waals surface area (Å²) < 4.78 is 17.9. The zero-order valence-electron chi connectivity index (χ0n) is 19.1. The molecule has 3 aromatic rings. The standard InChI is InChI=1S/C25H20ClN3O5S/c1-14-21(24(31)33-3)22(17-13-16(26)8-9-19(17)32-2)29-23(30)20(35-25(29)28-14)12-15-6-4-5-7-18(15)34-11-10-27/h4-9,12-13,22H,11H2,1-3H3/b20-12-/t22-/m1/s1. The molecule has 1 aromatic heterocycles. The zero-order chi connectivity index (χ0) is 25.1. The van der Waals surface area contributed by atoms with E-state index in [1.165, 1.54) is 30.1 Å². The Morgan fingerprint density at radius 3 is 2.74 bits per heavy atom. The zero-order valence-corrected chi connectivity index (χ0v) is 20.6. The van der Waals surface area contributed by atoms with Crippen LogP contribution >= 0.6 is 22.9 Å². The minimum Gasteiger partial charge on any atom is -0.496 e. The van der Waals surface area contributed by atoms with Gasteiger partial charge in [0.1, 0.15) is 23.6 Å². The monoisotopic (exact) mass is 509 g/mol. The number of ether oxygens (including phenoxy) is 3. The third-order valence-corrected chi connectivity index (χ3v) is 6.63. The Bertz CT molecular complexity index is 1560. The van der Waals surface area contributed by atoms with Gasteiger partial charge < -0.3 is 14.2 Å². The van der Waals surface area contributed by atoms with E-state index in [4.69, 9.17) is 31.1 Å². The van der Waals surface area contributed by atoms with Crippen molar-refractivity contribution in [2.75, 3.05) is 20.8 Å². The number of thiazole rings is 1. The number of aromatic nitrogens is 1. The molecule has 178 valence electrons. The number of benzene rings is 2. The number of methoxy groups -OCH3 is 2. The highest BCUT2D eigenvalue weighted by Crippen LogP contribution is 2.37. The number of hydrogen-bond acceptors (Lipinski definition) is 8. The maximum Gasteiger partial charge on any atom is 0.338 e. The average Bonchev–Trinajstić information content (AvgIpc) is 3.16. The minimum atomic E-state index is -0.861. The van der Waals surface area contributed by atoms with Crippen molar-refractivity contribution >= 4 is 35.0 Å². The maximum atomic E-state index is 13.7. The predicted octanol–water partition coefficient (Wildman–Crippen LogP) is 2.97. The van der Waals surface area contributed by atoms with Crippen molar-refractivity contribution in [2.24, 2.45) is 4.99 Å². The lowest BCUT2D eigenvalue weighted by Gasteiger charge is -2.25. The second-order valence-corrected chi connectivity index (χ2v) is 8.89. The summed E-state index contributed by atoms with van der Waals surface area (Å²) in [5.74, 6) is 0.322. The SMILES string of the molecule is COC(=O)C1=C(C)N=c2s/c(=C\c3ccccc3OCC#N)c(=O)n2[C@@H]1c1cc(Cl)ccc1OC. The van der Waals surface area contributed by atoms with Gasteiger partial charge in [-0.2, -0.15) is 5.26 Å². The van der Waals surface area contributed by atoms with E-state index in [1.54, 1.807) is 55.5 Å². The van der Waals surface area contributed by atoms with E-state index in [2.05, 4.69) is 4.99 Å². The van der Waals surface area contributed by atoms with Crippen LogP contribution in [0.1, 0.15) is 24.1 Å². The van der Waals surface area contributed by atoms with Crippen molar-refractivity contribution in [1.29, 1.82) is 5.26 Å². The molecule has 0 spiro atoms. The first-order valence-electron chi connectivity index (χ1n) is 10.4. The number of nitriles is 1. The third-order valence-electron chi connectivity index (χ3n) is 5.41. The Kier molecular flexibility index (Phi) is 7.05. The molecular weight excluding hydrogens is 490 g/mol. The summed E-state index contributed by atoms with van der Waals surface area (Å²) in [6.45, 7) is 1.57. The van der Waals surface area contributed by atoms with Crippen LogP contribution in [0.3, 0.4) is 0 Å². The number of carbonyl (C=O) groups excluding carboxylic acids is 1. The van der Waals surface area contributed by atoms with Gasteiger partial charge in [0.2, 0.25) is 0 Å². The molecule has 10 heteroatoms. The van der Waals surface area contributed by atoms with E-state index in [-0.39, 0.29) is 17.7 Å². The van der Waals surface area contributed by atoms with E-state index in [1.807, 2.05) is 6.07 Å². The van der Waals surface area contributed by atoms with E-state index in [0.717, 1.165) is 0 Å². The number of halogens is 1. The van der Waals surface area contributed by atoms with E-state index >= 15 is 0 Å². The van der Waals surface area contributed by atoms with Crippen molar-refractivity contribution in [3.63, 3.8) is 0 Å². The first-order valence-corrected chi connectivity index (χ1v) is 11.6. The summed E-state index contributed by atoms with van der Waals surface area (Å²) in [4.78, 5) is 31.5. The second kappa shape index (κ2) is 10.2. The Balaban J connectivity index is 1.99. The normalized spacial score (nSPS) is 15.2. The van der Waals surface area contributed by atoms with Gasteiger partial charge in [0, 0.05) is 16.1 Å². The molecule has 0 radical (unpaired) electrons. The van der Waals surface area contributed by atoms with Crippen molar-refractivity contribution in [3.8, 4) is 17.6 Å². The van der Waals surface area contributed by atoms with Gasteiger partial charge in [-0.05, 0) is 37.3 Å². The van der Waals surface area contributed by atoms with Crippen LogP contribution in [-0.2, 0) is 9.53 Å². The molecule has 0 unspecified atom stereocenters. The average molecular weight is 510 g/mol. The number of para-hydroxylation sites is 1. The fourth-order valence-electron chi connectivity index (χ4n) is 3.89. The number of allylic oxidation sites excluding steroid dienone is 1. The molecule has 0 bridgehead atoms. The van der Waals surface area contributed by atoms with Crippen molar-refractivity contribution < 1.29 is 19.0 Å². The van der Waals surface area contributed by atoms with Crippen molar-refractivity contribution in [1.82, 2.24) is 4.57 Å². The van der Waals surface area contributed by atoms with Crippen LogP contribution in [0.2, 0.25) is 5.02 Å². The van der Waals surface area contributed by atoms with Crippen LogP contribution in [0, 0.1) is 11.3 Å². The van der Waals surface area contributed by atoms with Gasteiger partial charge in [-0.3, -0.25) is 9.36 Å². The summed E-state index contributed by atoms with van der Waals surface area (Å²) in [6.07, 6.45) is 1.68. The van der Waals surface area contributed by atoms with Gasteiger partial charge >= 0.3 is 5.97 Å². The van der Waals surface area contributed by atoms with Gasteiger partial charge in [0.25, 0.3) is 5.56 Å². The lowest BCUT2D eigenvalue weighted by Crippen LogP contribution is -2.40. The highest BCUT2D eigenvalue weighted by molar-refractivity contribution is 7.07. The predicted molar refractivity (Wildman–Crippen MR) is 131 cm³/mol. The summed E-state index contributed by atoms with van der Waals surface area (Å²) in [5.41, 5.74) is 1.44. The highest BCUT2D eigenvalue weighted by atomic mass is 35.5. The van der Waals surface area contributed by atoms with E-state index in [0.29, 0.717) is 42.7 Å². The lowest BCUT2D eigenvalue weighted by molar-refractivity contribution is -0.136. The topological polar surface area (TPSA) is 103 Å². The van der Waals surface area contributed by atoms with Gasteiger partial charge in [-0.25, -0.2) is 9.79 Å². The molecule has 2 heterocycles. The number of hydrogen-bond donors (Lipinski definition) is 0. The number of esters is 1. The van der Waals surface area contributed by atoms with Crippen molar-refractivity contribution in [3.05, 3.63) is 89.6 Å². The molecule has 2 aromatic carbocycles. The van der Waals surface area contributed by atoms with Crippen molar-refractivity contribution in [2.45, 2.75) is 13.0 Å². The Morgan fingerprint density at radius 2 is 2.03 bits per heavy atom. The van der Waals surface area contributed by atoms with E-state index in [9.17, 15) is 9.59 Å². The van der Waals surface area contributed by atoms with Crippen LogP contribution in [-0.4, -0.2) is 31.4 Å². The molecule has 35 heavy (non-hydrogen) atoms. The summed E-state index contributed by atoms with van der Waals surface area (Å²) in [5, 5.41) is 9.29. The highest BCUT2D eigenvalue weighted by Gasteiger charge is 2.35. The Hall–Kier alpha value is -3.87. The maximum absolute atomic E-state index is 13.7. The van der Waals surface area contributed by atoms with Crippen LogP contribution < -0.4 is 24.4 Å². The number of nitrogens with zero attached hydrogens (tertiary/aromatic N) is 3. The Morgan fingerprint density at radius 1 is 1.26 bits per heavy atom. The largest absolute Gasteiger partial charge is 0.496 e. The first kappa shape index (κ1) is 24.3. The number of carbonyl (C=O) groups is 1. The van der Waals surface area contributed by atoms with Gasteiger partial charge in [-0.1, -0.05) is 41.1 Å². The van der Waals surface area contributed by atoms with Crippen LogP contribution in [0.5, 0.6) is 11.5 Å². The van der Waals surface area contributed by atoms with Gasteiger partial charge in [0.15, 0.2) is 11.4 Å². The molecule has 1 aliphatic rings. The Labute approximate surface area is 209 Å². The molecule has 4 rings (SSSR count). The summed E-state index contributed by atoms with van der Waals surface area (Å²) in [6, 6.07) is 13.2. The quantitative estimate of drug-likeness (QED) is 0.473. The summed E-state index contributed by atoms with van der Waals surface area (Å²) in [7, 11) is 2.78. The molecule has 8 nitrogen and oxygen atoms in total. The summed E-state index contributed by atoms with van der Waals surface area (Å²) >= 11 is 7.47. The second-order valence-electron chi connectivity index (χ2n) is 7.44. The molecule has 0 fully saturated rings.